The number of alkyl halides is 3. The molecule has 1 aromatic heterocycles. The number of thiophene rings is 1. The number of allylic oxidation sites excluding steroid dienone is 1. The summed E-state index contributed by atoms with van der Waals surface area (Å²) >= 11 is 4.40. The molecule has 0 spiro atoms. The van der Waals surface area contributed by atoms with Crippen LogP contribution in [0.5, 0.6) is 0 Å². The number of carbonyl (C=O) groups excluding carboxylic acids is 2. The van der Waals surface area contributed by atoms with Gasteiger partial charge in [0.05, 0.1) is 25.5 Å². The average molecular weight is 402 g/mol. The number of fused-ring (bicyclic) bond motifs is 1. The summed E-state index contributed by atoms with van der Waals surface area (Å²) in [5.41, 5.74) is -1.23. The van der Waals surface area contributed by atoms with Gasteiger partial charge in [-0.15, -0.1) is 11.3 Å². The second kappa shape index (κ2) is 5.61. The Morgan fingerprint density at radius 2 is 1.96 bits per heavy atom. The molecule has 1 amide bonds. The van der Waals surface area contributed by atoms with Gasteiger partial charge in [0.25, 0.3) is 5.91 Å². The van der Waals surface area contributed by atoms with Gasteiger partial charge in [0.1, 0.15) is 0 Å². The number of anilines is 1. The van der Waals surface area contributed by atoms with Crippen LogP contribution in [0.2, 0.25) is 0 Å². The molecule has 1 N–H and O–H groups in total. The third-order valence-corrected chi connectivity index (χ3v) is 4.87. The van der Waals surface area contributed by atoms with Crippen molar-refractivity contribution in [2.45, 2.75) is 6.18 Å². The van der Waals surface area contributed by atoms with Crippen molar-refractivity contribution in [1.82, 2.24) is 0 Å². The van der Waals surface area contributed by atoms with Gasteiger partial charge in [0.2, 0.25) is 0 Å². The van der Waals surface area contributed by atoms with Crippen molar-refractivity contribution in [2.24, 2.45) is 0 Å². The molecule has 0 saturated heterocycles. The normalized spacial score (nSPS) is 15.7. The van der Waals surface area contributed by atoms with Crippen molar-refractivity contribution in [3.05, 3.63) is 56.2 Å². The first-order valence-corrected chi connectivity index (χ1v) is 7.91. The summed E-state index contributed by atoms with van der Waals surface area (Å²) in [6.07, 6.45) is -3.52. The van der Waals surface area contributed by atoms with Crippen LogP contribution in [-0.2, 0) is 11.0 Å². The molecule has 0 aliphatic carbocycles. The Labute approximate surface area is 140 Å². The lowest BCUT2D eigenvalue weighted by atomic mass is 10.0. The molecule has 0 radical (unpaired) electrons. The van der Waals surface area contributed by atoms with Crippen LogP contribution in [0.3, 0.4) is 0 Å². The highest BCUT2D eigenvalue weighted by Gasteiger charge is 2.38. The largest absolute Gasteiger partial charge is 0.418 e. The van der Waals surface area contributed by atoms with E-state index in [0.717, 1.165) is 15.9 Å². The maximum atomic E-state index is 13.0. The van der Waals surface area contributed by atoms with E-state index in [9.17, 15) is 22.8 Å². The van der Waals surface area contributed by atoms with Crippen LogP contribution in [0.4, 0.5) is 18.9 Å². The molecule has 3 rings (SSSR count). The molecule has 3 nitrogen and oxygen atoms in total. The lowest BCUT2D eigenvalue weighted by molar-refractivity contribution is -0.136. The minimum Gasteiger partial charge on any atom is -0.321 e. The number of benzene rings is 1. The van der Waals surface area contributed by atoms with Gasteiger partial charge in [-0.25, -0.2) is 0 Å². The topological polar surface area (TPSA) is 46.2 Å². The number of hydrogen-bond acceptors (Lipinski definition) is 3. The first-order chi connectivity index (χ1) is 10.8. The summed E-state index contributed by atoms with van der Waals surface area (Å²) in [5, 5.41) is 2.20. The number of para-hydroxylation sites is 1. The molecular weight excluding hydrogens is 395 g/mol. The van der Waals surface area contributed by atoms with Crippen molar-refractivity contribution in [1.29, 1.82) is 0 Å². The second-order valence-electron chi connectivity index (χ2n) is 4.71. The van der Waals surface area contributed by atoms with Crippen LogP contribution >= 0.6 is 27.3 Å². The zero-order chi connectivity index (χ0) is 16.8. The van der Waals surface area contributed by atoms with Crippen LogP contribution in [0.25, 0.3) is 5.57 Å². The Bertz CT molecular complexity index is 855. The van der Waals surface area contributed by atoms with E-state index in [2.05, 4.69) is 21.2 Å². The minimum atomic E-state index is -4.59. The Morgan fingerprint density at radius 1 is 1.22 bits per heavy atom. The predicted octanol–water partition coefficient (Wildman–Crippen LogP) is 4.75. The van der Waals surface area contributed by atoms with Gasteiger partial charge in [-0.05, 0) is 34.1 Å². The number of halogens is 4. The summed E-state index contributed by atoms with van der Waals surface area (Å²) in [6.45, 7) is 0. The maximum absolute atomic E-state index is 13.0. The number of hydrogen-bond donors (Lipinski definition) is 1. The second-order valence-corrected chi connectivity index (χ2v) is 7.17. The smallest absolute Gasteiger partial charge is 0.321 e. The zero-order valence-corrected chi connectivity index (χ0v) is 13.6. The molecule has 1 aromatic carbocycles. The Balaban J connectivity index is 2.06. The van der Waals surface area contributed by atoms with Crippen molar-refractivity contribution >= 4 is 50.2 Å². The van der Waals surface area contributed by atoms with Gasteiger partial charge in [-0.3, -0.25) is 9.59 Å². The first-order valence-electron chi connectivity index (χ1n) is 6.30. The van der Waals surface area contributed by atoms with Crippen LogP contribution in [0.15, 0.2) is 40.2 Å². The summed E-state index contributed by atoms with van der Waals surface area (Å²) in [6, 6.07) is 6.74. The Hall–Kier alpha value is -1.93. The fourth-order valence-electron chi connectivity index (χ4n) is 2.24. The van der Waals surface area contributed by atoms with Gasteiger partial charge in [-0.1, -0.05) is 12.1 Å². The summed E-state index contributed by atoms with van der Waals surface area (Å²) in [7, 11) is 0. The van der Waals surface area contributed by atoms with E-state index in [0.29, 0.717) is 4.88 Å². The van der Waals surface area contributed by atoms with Gasteiger partial charge in [-0.2, -0.15) is 13.2 Å². The molecule has 118 valence electrons. The summed E-state index contributed by atoms with van der Waals surface area (Å²) in [4.78, 5) is 24.5. The lowest BCUT2D eigenvalue weighted by Gasteiger charge is -2.10. The van der Waals surface area contributed by atoms with Crippen molar-refractivity contribution in [2.75, 3.05) is 5.32 Å². The van der Waals surface area contributed by atoms with Crippen LogP contribution < -0.4 is 5.32 Å². The van der Waals surface area contributed by atoms with E-state index >= 15 is 0 Å². The fourth-order valence-corrected chi connectivity index (χ4v) is 3.54. The minimum absolute atomic E-state index is 0.0689. The van der Waals surface area contributed by atoms with Gasteiger partial charge in [0, 0.05) is 11.6 Å². The van der Waals surface area contributed by atoms with Crippen molar-refractivity contribution < 1.29 is 22.8 Å². The molecule has 0 unspecified atom stereocenters. The van der Waals surface area contributed by atoms with Crippen molar-refractivity contribution in [3.63, 3.8) is 0 Å². The molecule has 2 heterocycles. The van der Waals surface area contributed by atoms with E-state index in [-0.39, 0.29) is 16.8 Å². The summed E-state index contributed by atoms with van der Waals surface area (Å²) < 4.78 is 39.7. The van der Waals surface area contributed by atoms with Gasteiger partial charge >= 0.3 is 6.18 Å². The predicted molar refractivity (Wildman–Crippen MR) is 84.4 cm³/mol. The van der Waals surface area contributed by atoms with Crippen molar-refractivity contribution in [3.8, 4) is 0 Å². The molecule has 0 bridgehead atoms. The standard InChI is InChI=1S/C15H7BrF3NO2S/c16-12-5-4-11(23-12)10(21)6-8-7-2-1-3-9(15(17,18)19)13(7)20-14(8)22/h1-6H,(H,20,22). The molecular formula is C15H7BrF3NO2S. The highest BCUT2D eigenvalue weighted by Crippen LogP contribution is 2.42. The van der Waals surface area contributed by atoms with E-state index in [4.69, 9.17) is 0 Å². The Morgan fingerprint density at radius 3 is 2.57 bits per heavy atom. The number of rotatable bonds is 2. The average Bonchev–Trinajstić information content (AvgIpc) is 3.02. The highest BCUT2D eigenvalue weighted by atomic mass is 79.9. The molecule has 0 fully saturated rings. The monoisotopic (exact) mass is 401 g/mol. The SMILES string of the molecule is O=C1Nc2c(cccc2C(F)(F)F)C1=CC(=O)c1ccc(Br)s1. The number of nitrogens with one attached hydrogen (secondary N) is 1. The molecule has 2 aromatic rings. The van der Waals surface area contributed by atoms with Gasteiger partial charge < -0.3 is 5.32 Å². The lowest BCUT2D eigenvalue weighted by Crippen LogP contribution is -2.10. The molecule has 0 atom stereocenters. The molecule has 8 heteroatoms. The van der Waals surface area contributed by atoms with E-state index < -0.39 is 23.4 Å². The molecule has 0 saturated carbocycles. The quantitative estimate of drug-likeness (QED) is 0.582. The third-order valence-electron chi connectivity index (χ3n) is 3.23. The van der Waals surface area contributed by atoms with E-state index in [1.807, 2.05) is 0 Å². The van der Waals surface area contributed by atoms with Gasteiger partial charge in [0.15, 0.2) is 5.78 Å². The first kappa shape index (κ1) is 15.9. The number of carbonyl (C=O) groups is 2. The zero-order valence-electron chi connectivity index (χ0n) is 11.2. The number of ketones is 1. The van der Waals surface area contributed by atoms with E-state index in [1.54, 1.807) is 12.1 Å². The van der Waals surface area contributed by atoms with Crippen LogP contribution in [-0.4, -0.2) is 11.7 Å². The Kier molecular flexibility index (Phi) is 3.89. The fraction of sp³-hybridized carbons (Fsp3) is 0.0667. The van der Waals surface area contributed by atoms with Crippen LogP contribution in [0.1, 0.15) is 20.8 Å². The third kappa shape index (κ3) is 2.96. The van der Waals surface area contributed by atoms with Crippen LogP contribution in [0, 0.1) is 0 Å². The number of amides is 1. The highest BCUT2D eigenvalue weighted by molar-refractivity contribution is 9.11. The molecule has 1 aliphatic heterocycles. The molecule has 1 aliphatic rings. The summed E-state index contributed by atoms with van der Waals surface area (Å²) in [5.74, 6) is -1.16. The maximum Gasteiger partial charge on any atom is 0.418 e. The molecule has 23 heavy (non-hydrogen) atoms. The van der Waals surface area contributed by atoms with E-state index in [1.165, 1.54) is 23.5 Å².